The predicted molar refractivity (Wildman–Crippen MR) is 116 cm³/mol. The average Bonchev–Trinajstić information content (AvgIpc) is 3.28. The summed E-state index contributed by atoms with van der Waals surface area (Å²) in [6, 6.07) is 13.5. The summed E-state index contributed by atoms with van der Waals surface area (Å²) in [5, 5.41) is 9.45. The molecular formula is C22H31N5O2. The molecule has 1 aliphatic rings. The summed E-state index contributed by atoms with van der Waals surface area (Å²) in [6.07, 6.45) is 5.44. The van der Waals surface area contributed by atoms with Gasteiger partial charge in [0.25, 0.3) is 0 Å². The molecule has 1 amide bonds. The Morgan fingerprint density at radius 2 is 1.90 bits per heavy atom. The zero-order valence-electron chi connectivity index (χ0n) is 17.1. The van der Waals surface area contributed by atoms with Crippen LogP contribution in [0.25, 0.3) is 0 Å². The second-order valence-corrected chi connectivity index (χ2v) is 7.12. The van der Waals surface area contributed by atoms with Gasteiger partial charge >= 0.3 is 0 Å². The fourth-order valence-corrected chi connectivity index (χ4v) is 3.53. The van der Waals surface area contributed by atoms with E-state index in [0.29, 0.717) is 12.5 Å². The molecule has 0 radical (unpaired) electrons. The van der Waals surface area contributed by atoms with E-state index in [1.54, 1.807) is 6.26 Å². The normalized spacial score (nSPS) is 16.2. The van der Waals surface area contributed by atoms with Crippen molar-refractivity contribution in [1.82, 2.24) is 15.5 Å². The molecule has 3 N–H and O–H groups in total. The van der Waals surface area contributed by atoms with Crippen LogP contribution in [0, 0.1) is 0 Å². The van der Waals surface area contributed by atoms with Crippen molar-refractivity contribution >= 4 is 17.6 Å². The molecule has 1 saturated heterocycles. The molecular weight excluding hydrogens is 366 g/mol. The summed E-state index contributed by atoms with van der Waals surface area (Å²) < 4.78 is 5.70. The van der Waals surface area contributed by atoms with E-state index < -0.39 is 0 Å². The SMILES string of the molecule is CCNC(=NCC(=O)Nc1ccccc1)NCC(c1ccco1)N1CCCCC1. The van der Waals surface area contributed by atoms with Crippen molar-refractivity contribution in [2.24, 2.45) is 4.99 Å². The summed E-state index contributed by atoms with van der Waals surface area (Å²) in [4.78, 5) is 19.1. The first kappa shape index (κ1) is 20.9. The van der Waals surface area contributed by atoms with E-state index in [0.717, 1.165) is 31.1 Å². The predicted octanol–water partition coefficient (Wildman–Crippen LogP) is 3.00. The lowest BCUT2D eigenvalue weighted by Gasteiger charge is -2.33. The topological polar surface area (TPSA) is 81.9 Å². The first-order valence-electron chi connectivity index (χ1n) is 10.4. The van der Waals surface area contributed by atoms with Crippen molar-refractivity contribution in [3.63, 3.8) is 0 Å². The number of aliphatic imine (C=N–C) groups is 1. The average molecular weight is 398 g/mol. The van der Waals surface area contributed by atoms with Crippen LogP contribution in [0.2, 0.25) is 0 Å². The number of benzene rings is 1. The van der Waals surface area contributed by atoms with Crippen LogP contribution in [0.15, 0.2) is 58.1 Å². The number of carbonyl (C=O) groups excluding carboxylic acids is 1. The molecule has 0 aliphatic carbocycles. The summed E-state index contributed by atoms with van der Waals surface area (Å²) in [7, 11) is 0. The minimum Gasteiger partial charge on any atom is -0.468 e. The highest BCUT2D eigenvalue weighted by molar-refractivity contribution is 5.94. The highest BCUT2D eigenvalue weighted by Gasteiger charge is 2.24. The number of nitrogens with zero attached hydrogens (tertiary/aromatic N) is 2. The number of hydrogen-bond donors (Lipinski definition) is 3. The van der Waals surface area contributed by atoms with Gasteiger partial charge in [0.2, 0.25) is 5.91 Å². The third-order valence-electron chi connectivity index (χ3n) is 4.95. The smallest absolute Gasteiger partial charge is 0.246 e. The van der Waals surface area contributed by atoms with Crippen LogP contribution in [0.3, 0.4) is 0 Å². The van der Waals surface area contributed by atoms with Gasteiger partial charge in [-0.25, -0.2) is 4.99 Å². The molecule has 7 nitrogen and oxygen atoms in total. The van der Waals surface area contributed by atoms with Crippen molar-refractivity contribution in [3.05, 3.63) is 54.5 Å². The Balaban J connectivity index is 1.58. The van der Waals surface area contributed by atoms with Gasteiger partial charge in [-0.1, -0.05) is 24.6 Å². The standard InChI is InChI=1S/C22H31N5O2/c1-2-23-22(25-17-21(28)26-18-10-5-3-6-11-18)24-16-19(20-12-9-15-29-20)27-13-7-4-8-14-27/h3,5-6,9-12,15,19H,2,4,7-8,13-14,16-17H2,1H3,(H,26,28)(H2,23,24,25). The molecule has 1 aromatic heterocycles. The number of anilines is 1. The zero-order chi connectivity index (χ0) is 20.3. The monoisotopic (exact) mass is 397 g/mol. The van der Waals surface area contributed by atoms with E-state index in [4.69, 9.17) is 4.42 Å². The van der Waals surface area contributed by atoms with Crippen LogP contribution in [-0.2, 0) is 4.79 Å². The van der Waals surface area contributed by atoms with Crippen LogP contribution in [0.4, 0.5) is 5.69 Å². The number of hydrogen-bond acceptors (Lipinski definition) is 4. The largest absolute Gasteiger partial charge is 0.468 e. The van der Waals surface area contributed by atoms with E-state index in [2.05, 4.69) is 25.8 Å². The number of amides is 1. The second kappa shape index (κ2) is 11.3. The number of nitrogens with one attached hydrogen (secondary N) is 3. The quantitative estimate of drug-likeness (QED) is 0.471. The van der Waals surface area contributed by atoms with Gasteiger partial charge in [0, 0.05) is 18.8 Å². The number of carbonyl (C=O) groups is 1. The maximum absolute atomic E-state index is 12.2. The van der Waals surface area contributed by atoms with Crippen molar-refractivity contribution in [2.45, 2.75) is 32.2 Å². The van der Waals surface area contributed by atoms with E-state index in [1.807, 2.05) is 49.4 Å². The molecule has 29 heavy (non-hydrogen) atoms. The van der Waals surface area contributed by atoms with E-state index in [1.165, 1.54) is 19.3 Å². The third kappa shape index (κ3) is 6.64. The van der Waals surface area contributed by atoms with E-state index >= 15 is 0 Å². The van der Waals surface area contributed by atoms with Crippen LogP contribution < -0.4 is 16.0 Å². The van der Waals surface area contributed by atoms with Crippen molar-refractivity contribution in [3.8, 4) is 0 Å². The van der Waals surface area contributed by atoms with Crippen LogP contribution in [-0.4, -0.2) is 49.5 Å². The number of piperidine rings is 1. The molecule has 0 bridgehead atoms. The maximum Gasteiger partial charge on any atom is 0.246 e. The molecule has 1 aliphatic heterocycles. The van der Waals surface area contributed by atoms with Crippen LogP contribution in [0.5, 0.6) is 0 Å². The van der Waals surface area contributed by atoms with E-state index in [-0.39, 0.29) is 18.5 Å². The van der Waals surface area contributed by atoms with Gasteiger partial charge < -0.3 is 20.4 Å². The van der Waals surface area contributed by atoms with Gasteiger partial charge in [-0.2, -0.15) is 0 Å². The fraction of sp³-hybridized carbons (Fsp3) is 0.455. The lowest BCUT2D eigenvalue weighted by molar-refractivity contribution is -0.114. The molecule has 3 rings (SSSR count). The molecule has 1 fully saturated rings. The van der Waals surface area contributed by atoms with Gasteiger partial charge in [0.1, 0.15) is 12.3 Å². The lowest BCUT2D eigenvalue weighted by atomic mass is 10.1. The second-order valence-electron chi connectivity index (χ2n) is 7.12. The van der Waals surface area contributed by atoms with Crippen LogP contribution >= 0.6 is 0 Å². The fourth-order valence-electron chi connectivity index (χ4n) is 3.53. The number of furan rings is 1. The molecule has 2 heterocycles. The number of guanidine groups is 1. The van der Waals surface area contributed by atoms with Crippen molar-refractivity contribution in [1.29, 1.82) is 0 Å². The van der Waals surface area contributed by atoms with Crippen LogP contribution in [0.1, 0.15) is 38.0 Å². The Hall–Kier alpha value is -2.80. The highest BCUT2D eigenvalue weighted by atomic mass is 16.3. The highest BCUT2D eigenvalue weighted by Crippen LogP contribution is 2.24. The summed E-state index contributed by atoms with van der Waals surface area (Å²) in [5.74, 6) is 1.44. The Morgan fingerprint density at radius 3 is 2.59 bits per heavy atom. The molecule has 1 aromatic carbocycles. The summed E-state index contributed by atoms with van der Waals surface area (Å²) in [5.41, 5.74) is 0.772. The van der Waals surface area contributed by atoms with Gasteiger partial charge in [-0.05, 0) is 57.1 Å². The lowest BCUT2D eigenvalue weighted by Crippen LogP contribution is -2.44. The van der Waals surface area contributed by atoms with Crippen molar-refractivity contribution < 1.29 is 9.21 Å². The molecule has 0 spiro atoms. The zero-order valence-corrected chi connectivity index (χ0v) is 17.1. The third-order valence-corrected chi connectivity index (χ3v) is 4.95. The minimum atomic E-state index is -0.146. The number of likely N-dealkylation sites (tertiary alicyclic amines) is 1. The molecule has 156 valence electrons. The number of rotatable bonds is 8. The summed E-state index contributed by atoms with van der Waals surface area (Å²) >= 11 is 0. The molecule has 1 unspecified atom stereocenters. The van der Waals surface area contributed by atoms with Gasteiger partial charge in [0.15, 0.2) is 5.96 Å². The number of para-hydroxylation sites is 1. The molecule has 1 atom stereocenters. The minimum absolute atomic E-state index is 0.0549. The Morgan fingerprint density at radius 1 is 1.10 bits per heavy atom. The summed E-state index contributed by atoms with van der Waals surface area (Å²) in [6.45, 7) is 5.59. The Kier molecular flexibility index (Phi) is 8.12. The van der Waals surface area contributed by atoms with Gasteiger partial charge in [-0.3, -0.25) is 9.69 Å². The Bertz CT molecular complexity index is 755. The maximum atomic E-state index is 12.2. The molecule has 7 heteroatoms. The van der Waals surface area contributed by atoms with Crippen molar-refractivity contribution in [2.75, 3.05) is 38.0 Å². The Labute approximate surface area is 172 Å². The molecule has 0 saturated carbocycles. The first-order valence-corrected chi connectivity index (χ1v) is 10.4. The van der Waals surface area contributed by atoms with Gasteiger partial charge in [-0.15, -0.1) is 0 Å². The first-order chi connectivity index (χ1) is 14.3. The van der Waals surface area contributed by atoms with E-state index in [9.17, 15) is 4.79 Å². The van der Waals surface area contributed by atoms with Gasteiger partial charge in [0.05, 0.1) is 12.3 Å². The molecule has 2 aromatic rings.